The molecule has 0 heteroatoms. The fourth-order valence-electron chi connectivity index (χ4n) is 4.90. The molecule has 3 saturated carbocycles. The van der Waals surface area contributed by atoms with Crippen LogP contribution in [0.25, 0.3) is 0 Å². The first-order valence-electron chi connectivity index (χ1n) is 5.05. The van der Waals surface area contributed by atoms with Crippen molar-refractivity contribution >= 4 is 0 Å². The van der Waals surface area contributed by atoms with Gasteiger partial charge < -0.3 is 0 Å². The molecule has 3 atom stereocenters. The molecule has 3 rings (SSSR count). The minimum atomic E-state index is 0.720. The standard InChI is InChI=1S/C11H18/c1-9(2)8-4-5-10(3)6-7-11(8,9)10/h8H,4-7H2,1-3H3. The molecule has 0 radical (unpaired) electrons. The van der Waals surface area contributed by atoms with Crippen LogP contribution in [0.5, 0.6) is 0 Å². The van der Waals surface area contributed by atoms with E-state index >= 15 is 0 Å². The summed E-state index contributed by atoms with van der Waals surface area (Å²) in [5.41, 5.74) is 2.33. The van der Waals surface area contributed by atoms with E-state index in [9.17, 15) is 0 Å². The lowest BCUT2D eigenvalue weighted by atomic mass is 9.56. The maximum atomic E-state index is 2.53. The molecule has 0 aromatic carbocycles. The Balaban J connectivity index is 2.07. The highest BCUT2D eigenvalue weighted by Crippen LogP contribution is 2.90. The summed E-state index contributed by atoms with van der Waals surface area (Å²) >= 11 is 0. The molecule has 3 aliphatic rings. The first-order chi connectivity index (χ1) is 5.05. The van der Waals surface area contributed by atoms with Gasteiger partial charge in [-0.25, -0.2) is 0 Å². The summed E-state index contributed by atoms with van der Waals surface area (Å²) in [5, 5.41) is 0. The summed E-state index contributed by atoms with van der Waals surface area (Å²) in [6.45, 7) is 7.52. The SMILES string of the molecule is CC12CCC3C(C)(C)C31CC2. The third-order valence-electron chi connectivity index (χ3n) is 5.67. The van der Waals surface area contributed by atoms with Gasteiger partial charge in [-0.15, -0.1) is 0 Å². The van der Waals surface area contributed by atoms with Crippen LogP contribution in [-0.4, -0.2) is 0 Å². The average molecular weight is 150 g/mol. The molecule has 3 fully saturated rings. The topological polar surface area (TPSA) is 0 Å². The van der Waals surface area contributed by atoms with Crippen LogP contribution in [0.3, 0.4) is 0 Å². The lowest BCUT2D eigenvalue weighted by Crippen LogP contribution is -2.40. The van der Waals surface area contributed by atoms with Crippen LogP contribution in [0.2, 0.25) is 0 Å². The van der Waals surface area contributed by atoms with Crippen LogP contribution in [0.4, 0.5) is 0 Å². The average Bonchev–Trinajstić information content (AvgIpc) is 2.34. The first-order valence-corrected chi connectivity index (χ1v) is 5.05. The summed E-state index contributed by atoms with van der Waals surface area (Å²) in [6.07, 6.45) is 6.12. The number of hydrogen-bond acceptors (Lipinski definition) is 0. The van der Waals surface area contributed by atoms with Gasteiger partial charge in [0.2, 0.25) is 0 Å². The van der Waals surface area contributed by atoms with Gasteiger partial charge in [-0.3, -0.25) is 0 Å². The van der Waals surface area contributed by atoms with E-state index in [-0.39, 0.29) is 0 Å². The monoisotopic (exact) mass is 150 g/mol. The van der Waals surface area contributed by atoms with Gasteiger partial charge in [0.05, 0.1) is 0 Å². The number of hydrogen-bond donors (Lipinski definition) is 0. The molecular weight excluding hydrogens is 132 g/mol. The highest BCUT2D eigenvalue weighted by atomic mass is 14.9. The van der Waals surface area contributed by atoms with Crippen molar-refractivity contribution in [3.8, 4) is 0 Å². The van der Waals surface area contributed by atoms with Gasteiger partial charge in [-0.2, -0.15) is 0 Å². The second kappa shape index (κ2) is 1.30. The Labute approximate surface area is 69.4 Å². The third-order valence-corrected chi connectivity index (χ3v) is 5.67. The zero-order chi connectivity index (χ0) is 7.91. The summed E-state index contributed by atoms with van der Waals surface area (Å²) in [7, 11) is 0. The van der Waals surface area contributed by atoms with Crippen molar-refractivity contribution in [1.29, 1.82) is 0 Å². The Bertz CT molecular complexity index is 228. The van der Waals surface area contributed by atoms with Crippen molar-refractivity contribution in [2.45, 2.75) is 46.5 Å². The van der Waals surface area contributed by atoms with Gasteiger partial charge in [0, 0.05) is 0 Å². The van der Waals surface area contributed by atoms with E-state index in [1.165, 1.54) is 19.3 Å². The predicted molar refractivity (Wildman–Crippen MR) is 46.3 cm³/mol. The molecule has 0 aliphatic heterocycles. The van der Waals surface area contributed by atoms with Crippen LogP contribution in [-0.2, 0) is 0 Å². The van der Waals surface area contributed by atoms with Crippen LogP contribution in [0.1, 0.15) is 46.5 Å². The van der Waals surface area contributed by atoms with Crippen LogP contribution in [0.15, 0.2) is 0 Å². The van der Waals surface area contributed by atoms with Gasteiger partial charge in [0.25, 0.3) is 0 Å². The molecule has 1 spiro atoms. The molecule has 0 N–H and O–H groups in total. The van der Waals surface area contributed by atoms with Crippen LogP contribution < -0.4 is 0 Å². The van der Waals surface area contributed by atoms with Crippen molar-refractivity contribution in [1.82, 2.24) is 0 Å². The molecule has 0 aromatic rings. The van der Waals surface area contributed by atoms with Gasteiger partial charge in [-0.1, -0.05) is 20.8 Å². The van der Waals surface area contributed by atoms with Crippen LogP contribution in [0, 0.1) is 22.2 Å². The maximum Gasteiger partial charge on any atom is -0.0156 e. The minimum Gasteiger partial charge on any atom is -0.0591 e. The van der Waals surface area contributed by atoms with Crippen molar-refractivity contribution in [3.05, 3.63) is 0 Å². The summed E-state index contributed by atoms with van der Waals surface area (Å²) in [6, 6.07) is 0. The third kappa shape index (κ3) is 0.381. The highest BCUT2D eigenvalue weighted by molar-refractivity contribution is 5.31. The normalized spacial score (nSPS) is 63.0. The fraction of sp³-hybridized carbons (Fsp3) is 1.00. The lowest BCUT2D eigenvalue weighted by molar-refractivity contribution is 0.00488. The molecule has 62 valence electrons. The lowest BCUT2D eigenvalue weighted by Gasteiger charge is -2.49. The largest absolute Gasteiger partial charge is 0.0591 e. The second-order valence-electron chi connectivity index (χ2n) is 5.84. The van der Waals surface area contributed by atoms with Crippen LogP contribution >= 0.6 is 0 Å². The van der Waals surface area contributed by atoms with E-state index < -0.39 is 0 Å². The molecular formula is C11H18. The van der Waals surface area contributed by atoms with Gasteiger partial charge in [0.15, 0.2) is 0 Å². The van der Waals surface area contributed by atoms with Crippen molar-refractivity contribution < 1.29 is 0 Å². The van der Waals surface area contributed by atoms with Gasteiger partial charge >= 0.3 is 0 Å². The van der Waals surface area contributed by atoms with Crippen molar-refractivity contribution in [2.24, 2.45) is 22.2 Å². The Morgan fingerprint density at radius 2 is 1.73 bits per heavy atom. The molecule has 0 bridgehead atoms. The van der Waals surface area contributed by atoms with Crippen molar-refractivity contribution in [2.75, 3.05) is 0 Å². The summed E-state index contributed by atoms with van der Waals surface area (Å²) < 4.78 is 0. The molecule has 0 aromatic heterocycles. The number of rotatable bonds is 0. The fourth-order valence-corrected chi connectivity index (χ4v) is 4.90. The molecule has 0 saturated heterocycles. The van der Waals surface area contributed by atoms with E-state index in [0.717, 1.165) is 22.2 Å². The second-order valence-corrected chi connectivity index (χ2v) is 5.84. The van der Waals surface area contributed by atoms with E-state index in [4.69, 9.17) is 0 Å². The molecule has 0 heterocycles. The van der Waals surface area contributed by atoms with E-state index in [1.807, 2.05) is 0 Å². The Morgan fingerprint density at radius 3 is 2.00 bits per heavy atom. The predicted octanol–water partition coefficient (Wildman–Crippen LogP) is 3.22. The highest BCUT2D eigenvalue weighted by Gasteiger charge is 2.83. The molecule has 0 nitrogen and oxygen atoms in total. The molecule has 0 amide bonds. The summed E-state index contributed by atoms with van der Waals surface area (Å²) in [4.78, 5) is 0. The summed E-state index contributed by atoms with van der Waals surface area (Å²) in [5.74, 6) is 1.11. The quantitative estimate of drug-likeness (QED) is 0.497. The smallest absolute Gasteiger partial charge is 0.0156 e. The van der Waals surface area contributed by atoms with E-state index in [0.29, 0.717) is 0 Å². The zero-order valence-electron chi connectivity index (χ0n) is 7.91. The Kier molecular flexibility index (Phi) is 0.767. The zero-order valence-corrected chi connectivity index (χ0v) is 7.91. The van der Waals surface area contributed by atoms with E-state index in [2.05, 4.69) is 20.8 Å². The Hall–Kier alpha value is 0. The Morgan fingerprint density at radius 1 is 1.00 bits per heavy atom. The maximum absolute atomic E-state index is 2.53. The molecule has 3 aliphatic carbocycles. The van der Waals surface area contributed by atoms with Gasteiger partial charge in [0.1, 0.15) is 0 Å². The minimum absolute atomic E-state index is 0.720. The van der Waals surface area contributed by atoms with Crippen molar-refractivity contribution in [3.63, 3.8) is 0 Å². The van der Waals surface area contributed by atoms with E-state index in [1.54, 1.807) is 6.42 Å². The first kappa shape index (κ1) is 6.51. The molecule has 3 unspecified atom stereocenters. The molecule has 11 heavy (non-hydrogen) atoms. The van der Waals surface area contributed by atoms with Gasteiger partial charge in [-0.05, 0) is 47.8 Å².